The van der Waals surface area contributed by atoms with Gasteiger partial charge in [-0.2, -0.15) is 0 Å². The summed E-state index contributed by atoms with van der Waals surface area (Å²) in [7, 11) is 1.60. The van der Waals surface area contributed by atoms with Crippen molar-refractivity contribution >= 4 is 27.5 Å². The molecule has 0 saturated heterocycles. The van der Waals surface area contributed by atoms with E-state index in [0.29, 0.717) is 29.7 Å². The van der Waals surface area contributed by atoms with Gasteiger partial charge in [-0.15, -0.1) is 0 Å². The second-order valence-corrected chi connectivity index (χ2v) is 7.06. The van der Waals surface area contributed by atoms with Crippen LogP contribution in [0.25, 0.3) is 0 Å². The second-order valence-electron chi connectivity index (χ2n) is 5.51. The van der Waals surface area contributed by atoms with E-state index >= 15 is 0 Å². The minimum absolute atomic E-state index is 0.00580. The van der Waals surface area contributed by atoms with Crippen molar-refractivity contribution in [2.45, 2.75) is 32.9 Å². The van der Waals surface area contributed by atoms with Gasteiger partial charge < -0.3 is 14.8 Å². The van der Waals surface area contributed by atoms with Gasteiger partial charge in [-0.3, -0.25) is 0 Å². The second kappa shape index (κ2) is 7.34. The molecule has 20 heavy (non-hydrogen) atoms. The molecule has 1 aromatic rings. The molecule has 0 bridgehead atoms. The van der Waals surface area contributed by atoms with Crippen LogP contribution in [0.5, 0.6) is 11.5 Å². The van der Waals surface area contributed by atoms with Crippen molar-refractivity contribution in [3.63, 3.8) is 0 Å². The highest BCUT2D eigenvalue weighted by atomic mass is 79.9. The van der Waals surface area contributed by atoms with Crippen molar-refractivity contribution in [2.24, 2.45) is 0 Å². The number of hydrogen-bond donors (Lipinski definition) is 1. The van der Waals surface area contributed by atoms with Crippen LogP contribution in [0.1, 0.15) is 26.3 Å². The zero-order valence-corrected chi connectivity index (χ0v) is 14.7. The summed E-state index contributed by atoms with van der Waals surface area (Å²) in [4.78, 5) is 0. The quantitative estimate of drug-likeness (QED) is 0.807. The molecular weight excluding hydrogens is 342 g/mol. The highest BCUT2D eigenvalue weighted by Gasteiger charge is 2.16. The van der Waals surface area contributed by atoms with E-state index in [1.165, 1.54) is 0 Å². The van der Waals surface area contributed by atoms with Gasteiger partial charge in [0.05, 0.1) is 7.11 Å². The van der Waals surface area contributed by atoms with Gasteiger partial charge in [0.25, 0.3) is 0 Å². The molecule has 5 heteroatoms. The number of benzene rings is 1. The van der Waals surface area contributed by atoms with Crippen LogP contribution in [0, 0.1) is 0 Å². The zero-order valence-electron chi connectivity index (χ0n) is 12.3. The van der Waals surface area contributed by atoms with Gasteiger partial charge in [0, 0.05) is 33.2 Å². The molecule has 3 nitrogen and oxygen atoms in total. The molecule has 1 aromatic carbocycles. The maximum atomic E-state index is 6.12. The highest BCUT2D eigenvalue weighted by Crippen LogP contribution is 2.35. The van der Waals surface area contributed by atoms with Crippen molar-refractivity contribution in [1.82, 2.24) is 5.32 Å². The molecule has 112 valence electrons. The SMILES string of the molecule is C=C(Br)COc1c(CNC(C)(C)C)cc(Cl)cc1OC. The number of hydrogen-bond acceptors (Lipinski definition) is 3. The average molecular weight is 363 g/mol. The maximum absolute atomic E-state index is 6.12. The van der Waals surface area contributed by atoms with Crippen LogP contribution in [0.4, 0.5) is 0 Å². The van der Waals surface area contributed by atoms with Crippen molar-refractivity contribution in [2.75, 3.05) is 13.7 Å². The van der Waals surface area contributed by atoms with Crippen molar-refractivity contribution in [3.8, 4) is 11.5 Å². The Labute approximate surface area is 134 Å². The first-order valence-electron chi connectivity index (χ1n) is 6.30. The molecule has 0 atom stereocenters. The molecular formula is C15H21BrClNO2. The van der Waals surface area contributed by atoms with Crippen LogP contribution in [-0.4, -0.2) is 19.3 Å². The Hall–Kier alpha value is -0.710. The van der Waals surface area contributed by atoms with Gasteiger partial charge >= 0.3 is 0 Å². The van der Waals surface area contributed by atoms with Gasteiger partial charge in [0.15, 0.2) is 11.5 Å². The largest absolute Gasteiger partial charge is 0.493 e. The molecule has 0 amide bonds. The van der Waals surface area contributed by atoms with Gasteiger partial charge in [-0.1, -0.05) is 34.1 Å². The third-order valence-corrected chi connectivity index (χ3v) is 2.95. The molecule has 0 fully saturated rings. The third kappa shape index (κ3) is 5.73. The predicted molar refractivity (Wildman–Crippen MR) is 88.2 cm³/mol. The van der Waals surface area contributed by atoms with Crippen molar-refractivity contribution < 1.29 is 9.47 Å². The van der Waals surface area contributed by atoms with Crippen LogP contribution in [0.15, 0.2) is 23.2 Å². The van der Waals surface area contributed by atoms with E-state index in [1.807, 2.05) is 6.07 Å². The lowest BCUT2D eigenvalue weighted by molar-refractivity contribution is 0.318. The number of rotatable bonds is 6. The minimum Gasteiger partial charge on any atom is -0.493 e. The smallest absolute Gasteiger partial charge is 0.166 e. The Kier molecular flexibility index (Phi) is 6.37. The normalized spacial score (nSPS) is 11.3. The van der Waals surface area contributed by atoms with Crippen LogP contribution >= 0.6 is 27.5 Å². The van der Waals surface area contributed by atoms with E-state index < -0.39 is 0 Å². The van der Waals surface area contributed by atoms with E-state index in [1.54, 1.807) is 13.2 Å². The molecule has 0 spiro atoms. The molecule has 0 heterocycles. The van der Waals surface area contributed by atoms with Gasteiger partial charge in [-0.25, -0.2) is 0 Å². The van der Waals surface area contributed by atoms with Crippen LogP contribution < -0.4 is 14.8 Å². The number of nitrogens with one attached hydrogen (secondary N) is 1. The summed E-state index contributed by atoms with van der Waals surface area (Å²) in [5.74, 6) is 1.31. The van der Waals surface area contributed by atoms with Gasteiger partial charge in [-0.05, 0) is 26.8 Å². The minimum atomic E-state index is 0.00580. The van der Waals surface area contributed by atoms with E-state index in [0.717, 1.165) is 10.0 Å². The van der Waals surface area contributed by atoms with Crippen molar-refractivity contribution in [3.05, 3.63) is 33.8 Å². The molecule has 1 N–H and O–H groups in total. The number of methoxy groups -OCH3 is 1. The van der Waals surface area contributed by atoms with E-state index in [9.17, 15) is 0 Å². The molecule has 0 radical (unpaired) electrons. The lowest BCUT2D eigenvalue weighted by Crippen LogP contribution is -2.35. The summed E-state index contributed by atoms with van der Waals surface area (Å²) in [5.41, 5.74) is 0.962. The molecule has 0 aliphatic heterocycles. The first-order valence-corrected chi connectivity index (χ1v) is 7.47. The molecule has 1 rings (SSSR count). The van der Waals surface area contributed by atoms with E-state index in [2.05, 4.69) is 48.6 Å². The summed E-state index contributed by atoms with van der Waals surface area (Å²) >= 11 is 9.41. The topological polar surface area (TPSA) is 30.5 Å². The summed E-state index contributed by atoms with van der Waals surface area (Å²) < 4.78 is 11.9. The van der Waals surface area contributed by atoms with Gasteiger partial charge in [0.1, 0.15) is 6.61 Å². The molecule has 0 saturated carbocycles. The molecule has 0 unspecified atom stereocenters. The lowest BCUT2D eigenvalue weighted by Gasteiger charge is -2.22. The van der Waals surface area contributed by atoms with Crippen LogP contribution in [-0.2, 0) is 6.54 Å². The van der Waals surface area contributed by atoms with Crippen molar-refractivity contribution in [1.29, 1.82) is 0 Å². The zero-order chi connectivity index (χ0) is 15.3. The standard InChI is InChI=1S/C15H21BrClNO2/c1-10(16)9-20-14-11(8-18-15(2,3)4)6-12(17)7-13(14)19-5/h6-7,18H,1,8-9H2,2-5H3. The molecule has 0 aliphatic carbocycles. The molecule has 0 aliphatic rings. The number of halogens is 2. The Morgan fingerprint density at radius 3 is 2.55 bits per heavy atom. The van der Waals surface area contributed by atoms with E-state index in [-0.39, 0.29) is 5.54 Å². The summed E-state index contributed by atoms with van der Waals surface area (Å²) in [6, 6.07) is 3.63. The Bertz CT molecular complexity index is 483. The summed E-state index contributed by atoms with van der Waals surface area (Å²) in [6.45, 7) is 11.1. The fraction of sp³-hybridized carbons (Fsp3) is 0.467. The third-order valence-electron chi connectivity index (χ3n) is 2.50. The van der Waals surface area contributed by atoms with Gasteiger partial charge in [0.2, 0.25) is 0 Å². The molecule has 0 aromatic heterocycles. The van der Waals surface area contributed by atoms with E-state index in [4.69, 9.17) is 21.1 Å². The summed E-state index contributed by atoms with van der Waals surface area (Å²) in [5, 5.41) is 4.04. The predicted octanol–water partition coefficient (Wildman–Crippen LogP) is 4.52. The first kappa shape index (κ1) is 17.3. The fourth-order valence-corrected chi connectivity index (χ4v) is 1.93. The van der Waals surface area contributed by atoms with Crippen LogP contribution in [0.2, 0.25) is 5.02 Å². The Morgan fingerprint density at radius 1 is 1.40 bits per heavy atom. The Morgan fingerprint density at radius 2 is 2.05 bits per heavy atom. The number of ether oxygens (including phenoxy) is 2. The highest BCUT2D eigenvalue weighted by molar-refractivity contribution is 9.11. The lowest BCUT2D eigenvalue weighted by atomic mass is 10.1. The summed E-state index contributed by atoms with van der Waals surface area (Å²) in [6.07, 6.45) is 0. The Balaban J connectivity index is 3.04. The fourth-order valence-electron chi connectivity index (χ4n) is 1.58. The monoisotopic (exact) mass is 361 g/mol. The maximum Gasteiger partial charge on any atom is 0.166 e. The average Bonchev–Trinajstić information content (AvgIpc) is 2.33. The first-order chi connectivity index (χ1) is 9.23. The van der Waals surface area contributed by atoms with Crippen LogP contribution in [0.3, 0.4) is 0 Å².